The molecule has 5 nitrogen and oxygen atoms in total. The fraction of sp³-hybridized carbons (Fsp3) is 0.435. The number of fused-ring (bicyclic) bond motifs is 1. The van der Waals surface area contributed by atoms with E-state index < -0.39 is 0 Å². The Labute approximate surface area is 166 Å². The van der Waals surface area contributed by atoms with Gasteiger partial charge >= 0.3 is 0 Å². The molecule has 1 aliphatic rings. The summed E-state index contributed by atoms with van der Waals surface area (Å²) < 4.78 is 1.92. The molecular formula is C23H28N4O. The third-order valence-electron chi connectivity index (χ3n) is 5.57. The zero-order valence-electron chi connectivity index (χ0n) is 17.1. The lowest BCUT2D eigenvalue weighted by atomic mass is 9.98. The maximum absolute atomic E-state index is 13.4. The Balaban J connectivity index is 1.82. The quantitative estimate of drug-likeness (QED) is 0.656. The predicted octanol–water partition coefficient (Wildman–Crippen LogP) is 4.86. The lowest BCUT2D eigenvalue weighted by Crippen LogP contribution is -2.39. The van der Waals surface area contributed by atoms with Crippen LogP contribution in [0.2, 0.25) is 0 Å². The lowest BCUT2D eigenvalue weighted by molar-refractivity contribution is 0.0685. The smallest absolute Gasteiger partial charge is 0.254 e. The molecule has 0 N–H and O–H groups in total. The molecule has 1 unspecified atom stereocenters. The number of amides is 1. The summed E-state index contributed by atoms with van der Waals surface area (Å²) in [6.07, 6.45) is 6.11. The van der Waals surface area contributed by atoms with Crippen LogP contribution in [0.25, 0.3) is 22.2 Å². The first-order chi connectivity index (χ1) is 13.4. The van der Waals surface area contributed by atoms with Gasteiger partial charge in [0.2, 0.25) is 0 Å². The molecule has 1 aromatic carbocycles. The van der Waals surface area contributed by atoms with E-state index >= 15 is 0 Å². The number of likely N-dealkylation sites (tertiary alicyclic amines) is 1. The van der Waals surface area contributed by atoms with Gasteiger partial charge in [-0.05, 0) is 57.2 Å². The van der Waals surface area contributed by atoms with E-state index in [2.05, 4.69) is 44.9 Å². The summed E-state index contributed by atoms with van der Waals surface area (Å²) in [4.78, 5) is 20.3. The summed E-state index contributed by atoms with van der Waals surface area (Å²) in [7, 11) is 0. The summed E-state index contributed by atoms with van der Waals surface area (Å²) >= 11 is 0. The van der Waals surface area contributed by atoms with Crippen LogP contribution in [0.3, 0.4) is 0 Å². The van der Waals surface area contributed by atoms with E-state index in [0.29, 0.717) is 5.92 Å². The van der Waals surface area contributed by atoms with E-state index in [-0.39, 0.29) is 11.9 Å². The predicted molar refractivity (Wildman–Crippen MR) is 112 cm³/mol. The first-order valence-electron chi connectivity index (χ1n) is 10.2. The molecule has 0 aliphatic carbocycles. The van der Waals surface area contributed by atoms with Crippen LogP contribution >= 0.6 is 0 Å². The topological polar surface area (TPSA) is 51.0 Å². The molecule has 3 heterocycles. The van der Waals surface area contributed by atoms with Gasteiger partial charge in [-0.3, -0.25) is 9.48 Å². The van der Waals surface area contributed by atoms with Crippen LogP contribution in [0.1, 0.15) is 55.6 Å². The summed E-state index contributed by atoms with van der Waals surface area (Å²) in [5.74, 6) is 0.664. The maximum atomic E-state index is 13.4. The SMILES string of the molecule is Cc1ccc2c(C(=O)N3CCCC(C)C3)cc(-c3cnn(C(C)C)c3)nc2c1. The highest BCUT2D eigenvalue weighted by molar-refractivity contribution is 6.07. The Morgan fingerprint density at radius 2 is 2.07 bits per heavy atom. The minimum Gasteiger partial charge on any atom is -0.338 e. The fourth-order valence-corrected chi connectivity index (χ4v) is 3.96. The summed E-state index contributed by atoms with van der Waals surface area (Å²) in [5, 5.41) is 5.37. The normalized spacial score (nSPS) is 17.5. The van der Waals surface area contributed by atoms with Crippen molar-refractivity contribution in [1.29, 1.82) is 0 Å². The number of rotatable bonds is 3. The molecule has 1 atom stereocenters. The standard InChI is InChI=1S/C23H28N4O/c1-15(2)27-14-18(12-24-27)21-11-20(19-8-7-16(3)10-22(19)25-21)23(28)26-9-5-6-17(4)13-26/h7-8,10-12,14-15,17H,5-6,9,13H2,1-4H3. The Hall–Kier alpha value is -2.69. The third kappa shape index (κ3) is 3.53. The van der Waals surface area contributed by atoms with E-state index in [1.54, 1.807) is 0 Å². The molecule has 1 aliphatic heterocycles. The van der Waals surface area contributed by atoms with Crippen LogP contribution in [0.5, 0.6) is 0 Å². The van der Waals surface area contributed by atoms with Gasteiger partial charge in [-0.2, -0.15) is 5.10 Å². The molecule has 3 aromatic rings. The Kier molecular flexibility index (Phi) is 4.92. The van der Waals surface area contributed by atoms with Crippen molar-refractivity contribution in [2.24, 2.45) is 5.92 Å². The molecule has 4 rings (SSSR count). The van der Waals surface area contributed by atoms with Gasteiger partial charge < -0.3 is 4.90 Å². The molecule has 0 saturated carbocycles. The number of hydrogen-bond acceptors (Lipinski definition) is 3. The lowest BCUT2D eigenvalue weighted by Gasteiger charge is -2.31. The highest BCUT2D eigenvalue weighted by Crippen LogP contribution is 2.28. The second-order valence-electron chi connectivity index (χ2n) is 8.38. The van der Waals surface area contributed by atoms with Crippen molar-refractivity contribution in [2.75, 3.05) is 13.1 Å². The van der Waals surface area contributed by atoms with Crippen molar-refractivity contribution in [3.05, 3.63) is 47.8 Å². The van der Waals surface area contributed by atoms with Crippen molar-refractivity contribution in [3.8, 4) is 11.3 Å². The van der Waals surface area contributed by atoms with Crippen molar-refractivity contribution in [3.63, 3.8) is 0 Å². The number of aromatic nitrogens is 3. The molecule has 1 amide bonds. The van der Waals surface area contributed by atoms with Gasteiger partial charge in [0.15, 0.2) is 0 Å². The van der Waals surface area contributed by atoms with Crippen molar-refractivity contribution in [2.45, 2.75) is 46.6 Å². The number of aryl methyl sites for hydroxylation is 1. The molecule has 1 fully saturated rings. The molecule has 1 saturated heterocycles. The molecule has 0 bridgehead atoms. The van der Waals surface area contributed by atoms with Crippen LogP contribution in [0.15, 0.2) is 36.7 Å². The largest absolute Gasteiger partial charge is 0.338 e. The monoisotopic (exact) mass is 376 g/mol. The zero-order valence-corrected chi connectivity index (χ0v) is 17.1. The molecule has 0 spiro atoms. The second kappa shape index (κ2) is 7.38. The van der Waals surface area contributed by atoms with Gasteiger partial charge in [-0.1, -0.05) is 19.1 Å². The Morgan fingerprint density at radius 3 is 2.79 bits per heavy atom. The Morgan fingerprint density at radius 1 is 1.25 bits per heavy atom. The van der Waals surface area contributed by atoms with Gasteiger partial charge in [0, 0.05) is 36.3 Å². The number of pyridine rings is 1. The zero-order chi connectivity index (χ0) is 19.8. The number of carbonyl (C=O) groups is 1. The van der Waals surface area contributed by atoms with E-state index in [0.717, 1.165) is 52.8 Å². The first-order valence-corrected chi connectivity index (χ1v) is 10.2. The van der Waals surface area contributed by atoms with E-state index in [4.69, 9.17) is 4.98 Å². The minimum absolute atomic E-state index is 0.111. The highest BCUT2D eigenvalue weighted by atomic mass is 16.2. The van der Waals surface area contributed by atoms with Crippen LogP contribution < -0.4 is 0 Å². The minimum atomic E-state index is 0.111. The summed E-state index contributed by atoms with van der Waals surface area (Å²) in [6.45, 7) is 10.1. The number of benzene rings is 1. The first kappa shape index (κ1) is 18.7. The molecule has 28 heavy (non-hydrogen) atoms. The maximum Gasteiger partial charge on any atom is 0.254 e. The summed E-state index contributed by atoms with van der Waals surface area (Å²) in [6, 6.07) is 8.37. The molecule has 0 radical (unpaired) electrons. The average molecular weight is 377 g/mol. The number of hydrogen-bond donors (Lipinski definition) is 0. The molecule has 5 heteroatoms. The highest BCUT2D eigenvalue weighted by Gasteiger charge is 2.24. The van der Waals surface area contributed by atoms with Crippen molar-refractivity contribution < 1.29 is 4.79 Å². The van der Waals surface area contributed by atoms with Crippen LogP contribution in [-0.4, -0.2) is 38.7 Å². The van der Waals surface area contributed by atoms with Gasteiger partial charge in [-0.15, -0.1) is 0 Å². The van der Waals surface area contributed by atoms with Gasteiger partial charge in [0.1, 0.15) is 0 Å². The molecule has 2 aromatic heterocycles. The number of piperidine rings is 1. The van der Waals surface area contributed by atoms with Crippen molar-refractivity contribution in [1.82, 2.24) is 19.7 Å². The Bertz CT molecular complexity index is 1020. The van der Waals surface area contributed by atoms with Crippen LogP contribution in [0.4, 0.5) is 0 Å². The van der Waals surface area contributed by atoms with Gasteiger partial charge in [0.05, 0.1) is 23.0 Å². The second-order valence-corrected chi connectivity index (χ2v) is 8.38. The van der Waals surface area contributed by atoms with Crippen LogP contribution in [0, 0.1) is 12.8 Å². The van der Waals surface area contributed by atoms with E-state index in [9.17, 15) is 4.79 Å². The van der Waals surface area contributed by atoms with Crippen LogP contribution in [-0.2, 0) is 0 Å². The number of carbonyl (C=O) groups excluding carboxylic acids is 1. The van der Waals surface area contributed by atoms with Gasteiger partial charge in [-0.25, -0.2) is 4.98 Å². The van der Waals surface area contributed by atoms with E-state index in [1.165, 1.54) is 6.42 Å². The molecular weight excluding hydrogens is 348 g/mol. The average Bonchev–Trinajstić information content (AvgIpc) is 3.17. The summed E-state index contributed by atoms with van der Waals surface area (Å²) in [5.41, 5.74) is 4.49. The fourth-order valence-electron chi connectivity index (χ4n) is 3.96. The third-order valence-corrected chi connectivity index (χ3v) is 5.57. The number of nitrogens with zero attached hydrogens (tertiary/aromatic N) is 4. The van der Waals surface area contributed by atoms with Gasteiger partial charge in [0.25, 0.3) is 5.91 Å². The van der Waals surface area contributed by atoms with Crippen molar-refractivity contribution >= 4 is 16.8 Å². The van der Waals surface area contributed by atoms with E-state index in [1.807, 2.05) is 34.1 Å². The molecule has 146 valence electrons.